The van der Waals surface area contributed by atoms with Crippen molar-refractivity contribution >= 4 is 25.1 Å². The molecule has 1 saturated heterocycles. The Morgan fingerprint density at radius 1 is 1.17 bits per heavy atom. The van der Waals surface area contributed by atoms with Crippen LogP contribution in [-0.2, 0) is 0 Å². The van der Waals surface area contributed by atoms with Crippen LogP contribution in [0.15, 0.2) is 18.5 Å². The highest BCUT2D eigenvalue weighted by molar-refractivity contribution is 7.45. The van der Waals surface area contributed by atoms with Crippen LogP contribution in [0.1, 0.15) is 0 Å². The zero-order valence-corrected chi connectivity index (χ0v) is 14.4. The summed E-state index contributed by atoms with van der Waals surface area (Å²) in [4.78, 5) is 31.1. The summed E-state index contributed by atoms with van der Waals surface area (Å²) in [5.41, 5.74) is 0.673. The van der Waals surface area contributed by atoms with Crippen molar-refractivity contribution in [3.05, 3.63) is 18.5 Å². The van der Waals surface area contributed by atoms with Gasteiger partial charge in [0.25, 0.3) is 0 Å². The van der Waals surface area contributed by atoms with Crippen LogP contribution in [0.4, 0.5) is 5.82 Å². The van der Waals surface area contributed by atoms with E-state index in [-0.39, 0.29) is 5.75 Å². The Hall–Kier alpha value is -1.73. The largest absolute Gasteiger partial charge is 0.504 e. The summed E-state index contributed by atoms with van der Waals surface area (Å²) in [5.74, 6) is 1.28. The van der Waals surface area contributed by atoms with Crippen LogP contribution in [0.5, 0.6) is 11.5 Å². The van der Waals surface area contributed by atoms with Crippen molar-refractivity contribution in [2.24, 2.45) is 0 Å². The number of aromatic nitrogens is 2. The summed E-state index contributed by atoms with van der Waals surface area (Å²) in [5, 5.41) is 10.7. The minimum Gasteiger partial charge on any atom is -0.504 e. The number of benzene rings is 1. The van der Waals surface area contributed by atoms with Crippen molar-refractivity contribution in [3.8, 4) is 11.5 Å². The molecule has 8 nitrogen and oxygen atoms in total. The Kier molecular flexibility index (Phi) is 5.30. The molecule has 0 radical (unpaired) electrons. The van der Waals surface area contributed by atoms with Gasteiger partial charge in [-0.05, 0) is 6.07 Å². The van der Waals surface area contributed by atoms with E-state index in [4.69, 9.17) is 14.5 Å². The number of rotatable bonds is 5. The van der Waals surface area contributed by atoms with Crippen LogP contribution >= 0.6 is 8.38 Å². The van der Waals surface area contributed by atoms with E-state index in [9.17, 15) is 5.11 Å². The van der Waals surface area contributed by atoms with Gasteiger partial charge in [0.2, 0.25) is 0 Å². The molecule has 1 aliphatic heterocycles. The standard InChI is InChI=1S/C15H21N4O4P/c1-23-14-8-11-12(9-13(14)20)16-10-17-15(11)19-4-2-18(3-5-19)6-7-24(21)22/h8-10,20-22H,2-7H2,1H3. The second-order valence-corrected chi connectivity index (χ2v) is 6.85. The number of phenols is 1. The lowest BCUT2D eigenvalue weighted by Gasteiger charge is -2.35. The van der Waals surface area contributed by atoms with Crippen LogP contribution in [-0.4, -0.2) is 75.8 Å². The number of nitrogens with zero attached hydrogens (tertiary/aromatic N) is 4. The maximum atomic E-state index is 9.90. The molecule has 3 rings (SSSR count). The van der Waals surface area contributed by atoms with E-state index in [1.54, 1.807) is 12.1 Å². The second kappa shape index (κ2) is 7.44. The Labute approximate surface area is 141 Å². The Morgan fingerprint density at radius 3 is 2.58 bits per heavy atom. The molecule has 0 spiro atoms. The molecule has 0 saturated carbocycles. The van der Waals surface area contributed by atoms with E-state index in [2.05, 4.69) is 19.8 Å². The Balaban J connectivity index is 1.78. The van der Waals surface area contributed by atoms with Gasteiger partial charge in [-0.2, -0.15) is 0 Å². The molecule has 1 aliphatic rings. The first kappa shape index (κ1) is 17.1. The van der Waals surface area contributed by atoms with Gasteiger partial charge in [-0.3, -0.25) is 4.90 Å². The quantitative estimate of drug-likeness (QED) is 0.678. The lowest BCUT2D eigenvalue weighted by atomic mass is 10.2. The first-order valence-electron chi connectivity index (χ1n) is 7.73. The highest BCUT2D eigenvalue weighted by Gasteiger charge is 2.21. The summed E-state index contributed by atoms with van der Waals surface area (Å²) in [6, 6.07) is 3.34. The van der Waals surface area contributed by atoms with Crippen LogP contribution in [0, 0.1) is 0 Å². The SMILES string of the molecule is COc1cc2c(N3CCN(CCP(O)O)CC3)ncnc2cc1O. The predicted octanol–water partition coefficient (Wildman–Crippen LogP) is 0.762. The van der Waals surface area contributed by atoms with Gasteiger partial charge in [-0.25, -0.2) is 9.97 Å². The van der Waals surface area contributed by atoms with Crippen molar-refractivity contribution < 1.29 is 19.6 Å². The van der Waals surface area contributed by atoms with Crippen molar-refractivity contribution in [2.75, 3.05) is 50.9 Å². The minimum absolute atomic E-state index is 0.0592. The number of anilines is 1. The Bertz CT molecular complexity index is 707. The highest BCUT2D eigenvalue weighted by Crippen LogP contribution is 2.34. The van der Waals surface area contributed by atoms with E-state index < -0.39 is 8.38 Å². The molecule has 0 unspecified atom stereocenters. The lowest BCUT2D eigenvalue weighted by molar-refractivity contribution is 0.269. The zero-order valence-electron chi connectivity index (χ0n) is 13.5. The molecule has 2 heterocycles. The summed E-state index contributed by atoms with van der Waals surface area (Å²) < 4.78 is 5.19. The lowest BCUT2D eigenvalue weighted by Crippen LogP contribution is -2.47. The van der Waals surface area contributed by atoms with Crippen LogP contribution in [0.25, 0.3) is 10.9 Å². The van der Waals surface area contributed by atoms with E-state index >= 15 is 0 Å². The summed E-state index contributed by atoms with van der Waals surface area (Å²) in [6.45, 7) is 3.96. The molecule has 24 heavy (non-hydrogen) atoms. The molecule has 1 fully saturated rings. The molecule has 1 aromatic heterocycles. The number of methoxy groups -OCH3 is 1. The number of ether oxygens (including phenoxy) is 1. The maximum Gasteiger partial charge on any atom is 0.166 e. The molecule has 0 bridgehead atoms. The van der Waals surface area contributed by atoms with Crippen LogP contribution in [0.2, 0.25) is 0 Å². The van der Waals surface area contributed by atoms with Gasteiger partial charge >= 0.3 is 0 Å². The number of piperazine rings is 1. The fourth-order valence-corrected chi connectivity index (χ4v) is 3.35. The summed E-state index contributed by atoms with van der Waals surface area (Å²) >= 11 is 0. The van der Waals surface area contributed by atoms with E-state index in [0.29, 0.717) is 24.0 Å². The molecular weight excluding hydrogens is 331 g/mol. The highest BCUT2D eigenvalue weighted by atomic mass is 31.2. The predicted molar refractivity (Wildman–Crippen MR) is 92.6 cm³/mol. The monoisotopic (exact) mass is 352 g/mol. The van der Waals surface area contributed by atoms with E-state index in [1.807, 2.05) is 0 Å². The molecule has 0 amide bonds. The molecule has 0 aliphatic carbocycles. The topological polar surface area (TPSA) is 102 Å². The fourth-order valence-electron chi connectivity index (χ4n) is 2.89. The van der Waals surface area contributed by atoms with Gasteiger partial charge in [0.1, 0.15) is 12.1 Å². The fraction of sp³-hybridized carbons (Fsp3) is 0.467. The minimum atomic E-state index is -1.83. The van der Waals surface area contributed by atoms with Crippen LogP contribution < -0.4 is 9.64 Å². The van der Waals surface area contributed by atoms with Gasteiger partial charge < -0.3 is 24.5 Å². The number of phenolic OH excluding ortho intramolecular Hbond substituents is 1. The first-order chi connectivity index (χ1) is 11.6. The molecule has 130 valence electrons. The van der Waals surface area contributed by atoms with Crippen molar-refractivity contribution in [3.63, 3.8) is 0 Å². The first-order valence-corrected chi connectivity index (χ1v) is 9.16. The van der Waals surface area contributed by atoms with Gasteiger partial charge in [-0.15, -0.1) is 0 Å². The van der Waals surface area contributed by atoms with Gasteiger partial charge in [0.15, 0.2) is 19.9 Å². The molecule has 0 atom stereocenters. The number of fused-ring (bicyclic) bond motifs is 1. The van der Waals surface area contributed by atoms with Gasteiger partial charge in [0.05, 0.1) is 12.6 Å². The maximum absolute atomic E-state index is 9.90. The average Bonchev–Trinajstić information content (AvgIpc) is 2.59. The van der Waals surface area contributed by atoms with E-state index in [1.165, 1.54) is 13.4 Å². The van der Waals surface area contributed by atoms with Crippen molar-refractivity contribution in [1.82, 2.24) is 14.9 Å². The zero-order chi connectivity index (χ0) is 17.1. The third-order valence-corrected chi connectivity index (χ3v) is 4.80. The molecular formula is C15H21N4O4P. The number of hydrogen-bond donors (Lipinski definition) is 3. The smallest absolute Gasteiger partial charge is 0.166 e. The number of aromatic hydroxyl groups is 1. The summed E-state index contributed by atoms with van der Waals surface area (Å²) in [6.07, 6.45) is 1.92. The normalized spacial score (nSPS) is 16.1. The number of hydrogen-bond acceptors (Lipinski definition) is 8. The Morgan fingerprint density at radius 2 is 1.92 bits per heavy atom. The average molecular weight is 352 g/mol. The van der Waals surface area contributed by atoms with Crippen molar-refractivity contribution in [2.45, 2.75) is 0 Å². The third kappa shape index (κ3) is 3.67. The van der Waals surface area contributed by atoms with E-state index in [0.717, 1.165) is 37.4 Å². The second-order valence-electron chi connectivity index (χ2n) is 5.66. The molecule has 1 aromatic carbocycles. The van der Waals surface area contributed by atoms with Crippen molar-refractivity contribution in [1.29, 1.82) is 0 Å². The molecule has 9 heteroatoms. The molecule has 2 aromatic rings. The third-order valence-electron chi connectivity index (χ3n) is 4.20. The van der Waals surface area contributed by atoms with Gasteiger partial charge in [-0.1, -0.05) is 0 Å². The van der Waals surface area contributed by atoms with Gasteiger partial charge in [0, 0.05) is 50.3 Å². The summed E-state index contributed by atoms with van der Waals surface area (Å²) in [7, 11) is -0.312. The molecule has 3 N–H and O–H groups in total. The van der Waals surface area contributed by atoms with Crippen LogP contribution in [0.3, 0.4) is 0 Å².